The summed E-state index contributed by atoms with van der Waals surface area (Å²) in [4.78, 5) is 7.26. The van der Waals surface area contributed by atoms with Gasteiger partial charge < -0.3 is 21.1 Å². The fourth-order valence-corrected chi connectivity index (χ4v) is 6.62. The van der Waals surface area contributed by atoms with Crippen LogP contribution in [-0.2, 0) is 0 Å². The van der Waals surface area contributed by atoms with Crippen molar-refractivity contribution in [3.63, 3.8) is 0 Å². The summed E-state index contributed by atoms with van der Waals surface area (Å²) in [6, 6.07) is 9.04. The van der Waals surface area contributed by atoms with Crippen molar-refractivity contribution in [3.05, 3.63) is 48.7 Å². The average molecular weight is 480 g/mol. The molecule has 3 saturated heterocycles. The molecule has 2 aromatic rings. The minimum absolute atomic E-state index is 0.0472. The van der Waals surface area contributed by atoms with Crippen molar-refractivity contribution in [2.75, 3.05) is 20.2 Å². The third kappa shape index (κ3) is 4.66. The smallest absolute Gasteiger partial charge is 0.167 e. The molecule has 1 aliphatic carbocycles. The first-order chi connectivity index (χ1) is 16.6. The van der Waals surface area contributed by atoms with Crippen LogP contribution in [0, 0.1) is 11.8 Å². The fourth-order valence-electron chi connectivity index (χ4n) is 6.34. The van der Waals surface area contributed by atoms with Crippen molar-refractivity contribution < 1.29 is 4.74 Å². The number of methoxy groups -OCH3 is 1. The molecule has 2 bridgehead atoms. The van der Waals surface area contributed by atoms with Crippen LogP contribution in [0.15, 0.2) is 43.1 Å². The Morgan fingerprint density at radius 3 is 2.88 bits per heavy atom. The number of pyridine rings is 1. The Morgan fingerprint density at radius 1 is 1.29 bits per heavy atom. The van der Waals surface area contributed by atoms with E-state index in [0.717, 1.165) is 49.0 Å². The zero-order chi connectivity index (χ0) is 23.7. The van der Waals surface area contributed by atoms with Gasteiger partial charge in [0.15, 0.2) is 5.11 Å². The van der Waals surface area contributed by atoms with Gasteiger partial charge in [0.25, 0.3) is 0 Å². The molecule has 6 nitrogen and oxygen atoms in total. The lowest BCUT2D eigenvalue weighted by atomic mass is 9.73. The second-order valence-corrected chi connectivity index (χ2v) is 10.6. The molecule has 3 aliphatic heterocycles. The summed E-state index contributed by atoms with van der Waals surface area (Å²) in [6.07, 6.45) is 11.0. The third-order valence-corrected chi connectivity index (χ3v) is 8.51. The lowest BCUT2D eigenvalue weighted by Crippen LogP contribution is -2.59. The Balaban J connectivity index is 1.47. The lowest BCUT2D eigenvalue weighted by molar-refractivity contribution is 0.00425. The molecule has 1 aromatic heterocycles. The van der Waals surface area contributed by atoms with Crippen LogP contribution in [0.5, 0.6) is 5.75 Å². The van der Waals surface area contributed by atoms with Gasteiger partial charge in [0, 0.05) is 36.3 Å². The van der Waals surface area contributed by atoms with Crippen LogP contribution in [-0.4, -0.2) is 53.3 Å². The maximum Gasteiger partial charge on any atom is 0.167 e. The summed E-state index contributed by atoms with van der Waals surface area (Å²) in [5, 5.41) is 9.12. The summed E-state index contributed by atoms with van der Waals surface area (Å²) in [7, 11) is 1.71. The summed E-state index contributed by atoms with van der Waals surface area (Å²) >= 11 is 5.88. The van der Waals surface area contributed by atoms with Gasteiger partial charge in [-0.05, 0) is 86.1 Å². The highest BCUT2D eigenvalue weighted by molar-refractivity contribution is 7.80. The summed E-state index contributed by atoms with van der Waals surface area (Å²) < 4.78 is 5.55. The van der Waals surface area contributed by atoms with Gasteiger partial charge in [-0.2, -0.15) is 0 Å². The van der Waals surface area contributed by atoms with E-state index >= 15 is 0 Å². The molecule has 0 amide bonds. The van der Waals surface area contributed by atoms with Gasteiger partial charge >= 0.3 is 0 Å². The molecule has 3 unspecified atom stereocenters. The Morgan fingerprint density at radius 2 is 2.15 bits per heavy atom. The van der Waals surface area contributed by atoms with Crippen molar-refractivity contribution in [2.45, 2.75) is 62.7 Å². The molecule has 7 atom stereocenters. The van der Waals surface area contributed by atoms with Crippen molar-refractivity contribution >= 4 is 28.2 Å². The largest absolute Gasteiger partial charge is 0.497 e. The molecular formula is C27H37N5OS. The number of piperidine rings is 3. The number of benzene rings is 1. The number of nitrogens with one attached hydrogen (secondary N) is 2. The number of hydrogen-bond donors (Lipinski definition) is 3. The third-order valence-electron chi connectivity index (χ3n) is 8.28. The van der Waals surface area contributed by atoms with Crippen LogP contribution in [0.1, 0.15) is 50.1 Å². The highest BCUT2D eigenvalue weighted by Gasteiger charge is 2.43. The highest BCUT2D eigenvalue weighted by atomic mass is 32.1. The summed E-state index contributed by atoms with van der Waals surface area (Å²) in [5.74, 6) is 2.09. The van der Waals surface area contributed by atoms with Crippen molar-refractivity contribution in [1.82, 2.24) is 20.5 Å². The Bertz CT molecular complexity index is 1040. The standard InChI is InChI=1S/C27H37N5OS/c1-3-17-16-32-13-11-18(17)14-25(32)26(31-27(34)30-24-7-5-4-6-22(24)28)20-10-12-29-23-9-8-19(33-2)15-21(20)23/h3,8-10,12,15,17-18,22,24-26H,1,4-7,11,13-14,16,28H2,2H3,(H2,30,31,34)/t17?,18?,22-,24-,25+,26+/m0/s1. The molecule has 182 valence electrons. The predicted octanol–water partition coefficient (Wildman–Crippen LogP) is 3.91. The van der Waals surface area contributed by atoms with Crippen LogP contribution >= 0.6 is 12.2 Å². The van der Waals surface area contributed by atoms with Crippen LogP contribution in [0.4, 0.5) is 0 Å². The van der Waals surface area contributed by atoms with Gasteiger partial charge in [0.2, 0.25) is 0 Å². The molecule has 0 spiro atoms. The van der Waals surface area contributed by atoms with Crippen LogP contribution in [0.2, 0.25) is 0 Å². The monoisotopic (exact) mass is 479 g/mol. The predicted molar refractivity (Wildman–Crippen MR) is 142 cm³/mol. The first-order valence-electron chi connectivity index (χ1n) is 12.7. The van der Waals surface area contributed by atoms with E-state index in [-0.39, 0.29) is 18.1 Å². The molecule has 1 saturated carbocycles. The zero-order valence-electron chi connectivity index (χ0n) is 20.1. The Kier molecular flexibility index (Phi) is 7.04. The van der Waals surface area contributed by atoms with E-state index in [2.05, 4.69) is 45.3 Å². The van der Waals surface area contributed by atoms with E-state index in [9.17, 15) is 0 Å². The summed E-state index contributed by atoms with van der Waals surface area (Å²) in [5.41, 5.74) is 8.60. The first kappa shape index (κ1) is 23.5. The number of aromatic nitrogens is 1. The number of nitrogens with zero attached hydrogens (tertiary/aromatic N) is 2. The first-order valence-corrected chi connectivity index (χ1v) is 13.1. The van der Waals surface area contributed by atoms with Gasteiger partial charge in [-0.25, -0.2) is 0 Å². The molecule has 34 heavy (non-hydrogen) atoms. The maximum absolute atomic E-state index is 6.41. The quantitative estimate of drug-likeness (QED) is 0.428. The van der Waals surface area contributed by atoms with Gasteiger partial charge in [0.1, 0.15) is 5.75 Å². The Labute approximate surface area is 208 Å². The highest BCUT2D eigenvalue weighted by Crippen LogP contribution is 2.42. The fraction of sp³-hybridized carbons (Fsp3) is 0.556. The van der Waals surface area contributed by atoms with Crippen molar-refractivity contribution in [2.24, 2.45) is 17.6 Å². The number of fused-ring (bicyclic) bond motifs is 4. The number of thiocarbonyl (C=S) groups is 1. The molecule has 1 aromatic carbocycles. The molecule has 6 rings (SSSR count). The van der Waals surface area contributed by atoms with Gasteiger partial charge in [-0.15, -0.1) is 6.58 Å². The zero-order valence-corrected chi connectivity index (χ0v) is 20.9. The summed E-state index contributed by atoms with van der Waals surface area (Å²) in [6.45, 7) is 6.29. The van der Waals surface area contributed by atoms with E-state index in [1.54, 1.807) is 7.11 Å². The van der Waals surface area contributed by atoms with E-state index < -0.39 is 0 Å². The molecule has 7 heteroatoms. The molecule has 4 heterocycles. The molecular weight excluding hydrogens is 442 g/mol. The number of nitrogens with two attached hydrogens (primary N) is 1. The van der Waals surface area contributed by atoms with E-state index in [4.69, 9.17) is 22.7 Å². The van der Waals surface area contributed by atoms with Crippen LogP contribution < -0.4 is 21.1 Å². The second kappa shape index (κ2) is 10.2. The molecule has 4 N–H and O–H groups in total. The van der Waals surface area contributed by atoms with Crippen molar-refractivity contribution in [3.8, 4) is 5.75 Å². The minimum Gasteiger partial charge on any atom is -0.497 e. The van der Waals surface area contributed by atoms with E-state index in [1.165, 1.54) is 24.8 Å². The molecule has 4 fully saturated rings. The normalized spacial score (nSPS) is 31.6. The SMILES string of the molecule is C=CC1CN2CCC1C[C@@H]2[C@H](NC(=S)N[C@H]1CCCC[C@@H]1N)c1ccnc2ccc(OC)cc12. The maximum atomic E-state index is 6.41. The van der Waals surface area contributed by atoms with Crippen LogP contribution in [0.25, 0.3) is 10.9 Å². The van der Waals surface area contributed by atoms with E-state index in [0.29, 0.717) is 23.0 Å². The topological polar surface area (TPSA) is 75.4 Å². The number of hydrogen-bond acceptors (Lipinski definition) is 5. The van der Waals surface area contributed by atoms with Crippen LogP contribution in [0.3, 0.4) is 0 Å². The second-order valence-electron chi connectivity index (χ2n) is 10.2. The van der Waals surface area contributed by atoms with Crippen molar-refractivity contribution in [1.29, 1.82) is 0 Å². The number of rotatable bonds is 6. The van der Waals surface area contributed by atoms with Gasteiger partial charge in [-0.1, -0.05) is 18.9 Å². The average Bonchev–Trinajstić information content (AvgIpc) is 2.88. The Hall–Kier alpha value is -2.22. The molecule has 0 radical (unpaired) electrons. The molecule has 4 aliphatic rings. The van der Waals surface area contributed by atoms with Gasteiger partial charge in [0.05, 0.1) is 18.7 Å². The number of ether oxygens (including phenoxy) is 1. The van der Waals surface area contributed by atoms with E-state index in [1.807, 2.05) is 18.3 Å². The lowest BCUT2D eigenvalue weighted by Gasteiger charge is -2.52. The van der Waals surface area contributed by atoms with Gasteiger partial charge in [-0.3, -0.25) is 9.88 Å². The minimum atomic E-state index is 0.0472.